The zero-order valence-electron chi connectivity index (χ0n) is 89.3. The molecule has 0 atom stereocenters. The molecule has 0 bridgehead atoms. The molecule has 0 radical (unpaired) electrons. The Balaban J connectivity index is 0.000000126. The molecule has 7 fully saturated rings. The number of aromatic nitrogens is 19. The summed E-state index contributed by atoms with van der Waals surface area (Å²) in [6.45, 7) is 61.7. The first-order valence-corrected chi connectivity index (χ1v) is 52.5. The van der Waals surface area contributed by atoms with Crippen LogP contribution in [0.25, 0.3) is 78.1 Å². The van der Waals surface area contributed by atoms with Crippen molar-refractivity contribution in [1.29, 1.82) is 0 Å². The molecular formula is C111H160N26O7. The maximum absolute atomic E-state index is 12.3. The number of hydrogen-bond acceptors (Lipinski definition) is 19. The molecule has 3 aromatic carbocycles. The van der Waals surface area contributed by atoms with E-state index in [0.29, 0.717) is 23.6 Å². The molecule has 0 unspecified atom stereocenters. The van der Waals surface area contributed by atoms with Crippen LogP contribution in [0.4, 0.5) is 0 Å². The molecule has 0 spiro atoms. The van der Waals surface area contributed by atoms with E-state index in [9.17, 15) is 33.6 Å². The van der Waals surface area contributed by atoms with Crippen molar-refractivity contribution in [3.05, 3.63) is 238 Å². The SMILES string of the molecule is CC(C)(C)N1CCC(n2c(=O)[nH]c3ccccc32)CC1.CC(C)(C)N1CCC(n2c(=O)[nH]c3cccnc32)CC1.CC(C)(C)N1CCC(n2c(=O)[nH]c3ccncc32)CC1.CC(C)(C)N1CCC(n2c(=O)[nH]c3cnccc32)CC1.CC(C)(C)N1CCC(n2c(=O)[nH]c3ncccc32)CC1.CC(C)(C)N1CCC(n2cc(-c3ccccc3)[nH]c2=O)CC1.CC(C)(C)N1CCC(n2nc(-c3ccccc3)[nH]c2=O)CC1. The van der Waals surface area contributed by atoms with Crippen molar-refractivity contribution in [2.75, 3.05) is 91.6 Å². The second-order valence-electron chi connectivity index (χ2n) is 47.1. The third-order valence-corrected chi connectivity index (χ3v) is 30.6. The van der Waals surface area contributed by atoms with Gasteiger partial charge in [-0.2, -0.15) is 0 Å². The number of pyridine rings is 4. The number of likely N-dealkylation sites (tertiary alicyclic amines) is 7. The highest BCUT2D eigenvalue weighted by molar-refractivity contribution is 5.76. The Bertz CT molecular complexity index is 6160. The minimum Gasteiger partial charge on any atom is -0.306 e. The van der Waals surface area contributed by atoms with Crippen LogP contribution < -0.4 is 39.8 Å². The van der Waals surface area contributed by atoms with Crippen LogP contribution in [-0.4, -0.2) is 257 Å². The Hall–Kier alpha value is -11.7. The van der Waals surface area contributed by atoms with Gasteiger partial charge in [0.1, 0.15) is 0 Å². The molecule has 144 heavy (non-hydrogen) atoms. The number of fused-ring (bicyclic) bond motifs is 5. The van der Waals surface area contributed by atoms with Crippen LogP contribution in [0.5, 0.6) is 0 Å². The fourth-order valence-electron chi connectivity index (χ4n) is 22.1. The van der Waals surface area contributed by atoms with Crippen LogP contribution in [-0.2, 0) is 0 Å². The highest BCUT2D eigenvalue weighted by Gasteiger charge is 2.38. The number of imidazole rings is 6. The summed E-state index contributed by atoms with van der Waals surface area (Å²) in [7, 11) is 0. The first-order valence-electron chi connectivity index (χ1n) is 52.5. The van der Waals surface area contributed by atoms with Gasteiger partial charge in [-0.05, 0) is 289 Å². The van der Waals surface area contributed by atoms with Crippen LogP contribution in [0.3, 0.4) is 0 Å². The van der Waals surface area contributed by atoms with Crippen molar-refractivity contribution in [3.8, 4) is 22.6 Å². The van der Waals surface area contributed by atoms with E-state index >= 15 is 0 Å². The van der Waals surface area contributed by atoms with Gasteiger partial charge in [-0.25, -0.2) is 48.2 Å². The largest absolute Gasteiger partial charge is 0.343 e. The molecule has 33 heteroatoms. The van der Waals surface area contributed by atoms with E-state index in [1.807, 2.05) is 155 Å². The van der Waals surface area contributed by atoms with Gasteiger partial charge in [0, 0.05) is 203 Å². The van der Waals surface area contributed by atoms with Gasteiger partial charge in [0.2, 0.25) is 0 Å². The Morgan fingerprint density at radius 2 is 0.583 bits per heavy atom. The summed E-state index contributed by atoms with van der Waals surface area (Å²) in [4.78, 5) is 140. The second-order valence-corrected chi connectivity index (χ2v) is 47.1. The topological polar surface area (TPSA) is 352 Å². The maximum Gasteiger partial charge on any atom is 0.343 e. The van der Waals surface area contributed by atoms with E-state index in [0.717, 1.165) is 248 Å². The average molecular weight is 1970 g/mol. The monoisotopic (exact) mass is 1970 g/mol. The smallest absolute Gasteiger partial charge is 0.306 e. The number of piperidine rings is 7. The van der Waals surface area contributed by atoms with Gasteiger partial charge in [0.25, 0.3) is 0 Å². The van der Waals surface area contributed by atoms with Gasteiger partial charge in [0.05, 0.1) is 68.3 Å². The number of rotatable bonds is 9. The maximum atomic E-state index is 12.3. The standard InChI is InChI=1S/C18H25N3O.C17H24N4O.C16H23N3O.4C15H22N4O/c1-18(2,3)20-11-9-15(10-12-20)21-13-16(19-17(21)22)14-7-5-4-6-8-14;1-17(2,3)20-11-9-14(10-12-20)21-16(22)18-15(19-21)13-7-5-4-6-8-13;1-16(2,3)18-10-8-12(9-11-18)19-14-7-5-4-6-13(14)17-15(19)20;1-15(2,3)18-8-5-11(6-9-18)19-13-4-7-16-10-12(13)17-14(19)20;1-15(2,3)18-8-5-11(6-9-18)19-13-10-16-7-4-12(13)17-14(19)20;1-15(2,3)18-9-6-11(7-10-18)19-12-5-4-8-16-13(12)17-14(19)20;1-15(2,3)18-9-6-11(7-10-18)19-13-12(17-14(19)20)5-4-8-16-13/h4-8,13,15H,9-12H2,1-3H3,(H,19,22);4-8,14H,9-12H2,1-3H3,(H,18,19,22);4-7,12H,8-11H2,1-3H3,(H,17,20);2*4,7,10-11H,5-6,8-9H2,1-3H3,(H,17,20);4-5,8,11H,6-7,9-10H2,1-3H3,(H,16,17,20);4-5,8,11H,6-7,9-10H2,1-3H3,(H,17,20). The molecular weight excluding hydrogens is 1810 g/mol. The quantitative estimate of drug-likeness (QED) is 0.0706. The zero-order chi connectivity index (χ0) is 103. The third-order valence-electron chi connectivity index (χ3n) is 30.6. The average Bonchev–Trinajstić information content (AvgIpc) is 1.86. The van der Waals surface area contributed by atoms with Crippen LogP contribution in [0, 0.1) is 0 Å². The van der Waals surface area contributed by atoms with Crippen molar-refractivity contribution in [3.63, 3.8) is 0 Å². The summed E-state index contributed by atoms with van der Waals surface area (Å²) >= 11 is 0. The molecule has 7 aliphatic heterocycles. The van der Waals surface area contributed by atoms with Gasteiger partial charge >= 0.3 is 39.8 Å². The van der Waals surface area contributed by atoms with Crippen LogP contribution >= 0.6 is 0 Å². The Morgan fingerprint density at radius 3 is 1.04 bits per heavy atom. The Labute approximate surface area is 845 Å². The third kappa shape index (κ3) is 25.7. The van der Waals surface area contributed by atoms with Crippen molar-refractivity contribution in [1.82, 2.24) is 126 Å². The van der Waals surface area contributed by atoms with Crippen molar-refractivity contribution < 1.29 is 0 Å². The summed E-state index contributed by atoms with van der Waals surface area (Å²) in [5.74, 6) is 0.656. The zero-order valence-corrected chi connectivity index (χ0v) is 89.3. The summed E-state index contributed by atoms with van der Waals surface area (Å²) in [6, 6.07) is 41.1. The van der Waals surface area contributed by atoms with Gasteiger partial charge in [-0.3, -0.25) is 81.6 Å². The van der Waals surface area contributed by atoms with Crippen LogP contribution in [0.1, 0.15) is 278 Å². The molecule has 776 valence electrons. The lowest BCUT2D eigenvalue weighted by Crippen LogP contribution is -2.47. The molecule has 7 aliphatic rings. The lowest BCUT2D eigenvalue weighted by Gasteiger charge is -2.41. The van der Waals surface area contributed by atoms with Crippen molar-refractivity contribution >= 4 is 55.4 Å². The van der Waals surface area contributed by atoms with Crippen LogP contribution in [0.2, 0.25) is 0 Å². The molecule has 33 nitrogen and oxygen atoms in total. The van der Waals surface area contributed by atoms with Gasteiger partial charge in [-0.15, -0.1) is 5.10 Å². The number of para-hydroxylation sites is 2. The second kappa shape index (κ2) is 44.7. The van der Waals surface area contributed by atoms with Crippen molar-refractivity contribution in [2.24, 2.45) is 0 Å². The number of aromatic amines is 7. The Morgan fingerprint density at radius 1 is 0.257 bits per heavy atom. The molecule has 18 heterocycles. The highest BCUT2D eigenvalue weighted by Crippen LogP contribution is 2.37. The summed E-state index contributed by atoms with van der Waals surface area (Å²) in [6.07, 6.45) is 26.6. The number of nitrogens with one attached hydrogen (secondary N) is 7. The van der Waals surface area contributed by atoms with E-state index in [1.165, 1.54) is 0 Å². The van der Waals surface area contributed by atoms with Gasteiger partial charge < -0.3 is 24.9 Å². The van der Waals surface area contributed by atoms with E-state index in [4.69, 9.17) is 0 Å². The first kappa shape index (κ1) is 107. The van der Waals surface area contributed by atoms with E-state index < -0.39 is 0 Å². The molecule has 11 aromatic heterocycles. The Kier molecular flexibility index (Phi) is 33.1. The number of benzene rings is 3. The summed E-state index contributed by atoms with van der Waals surface area (Å²) < 4.78 is 13.0. The molecule has 0 aliphatic carbocycles. The fraction of sp³-hybridized carbons (Fsp3) is 0.568. The van der Waals surface area contributed by atoms with Crippen molar-refractivity contribution in [2.45, 2.75) is 316 Å². The highest BCUT2D eigenvalue weighted by atomic mass is 16.2. The molecule has 14 aromatic rings. The molecule has 7 saturated heterocycles. The van der Waals surface area contributed by atoms with E-state index in [-0.39, 0.29) is 109 Å². The van der Waals surface area contributed by atoms with E-state index in [2.05, 4.69) is 240 Å². The van der Waals surface area contributed by atoms with Gasteiger partial charge in [-0.1, -0.05) is 72.8 Å². The first-order chi connectivity index (χ1) is 68.2. The predicted molar refractivity (Wildman–Crippen MR) is 580 cm³/mol. The summed E-state index contributed by atoms with van der Waals surface area (Å²) in [5, 5.41) is 4.52. The molecule has 21 rings (SSSR count). The lowest BCUT2D eigenvalue weighted by molar-refractivity contribution is 0.0861. The summed E-state index contributed by atoms with van der Waals surface area (Å²) in [5.41, 5.74) is 13.0. The van der Waals surface area contributed by atoms with Gasteiger partial charge in [0.15, 0.2) is 17.1 Å². The fourth-order valence-corrected chi connectivity index (χ4v) is 22.1. The molecule has 0 saturated carbocycles. The normalized spacial score (nSPS) is 18.5. The number of hydrogen-bond donors (Lipinski definition) is 7. The van der Waals surface area contributed by atoms with E-state index in [1.54, 1.807) is 41.9 Å². The predicted octanol–water partition coefficient (Wildman–Crippen LogP) is 17.4. The van der Waals surface area contributed by atoms with Crippen LogP contribution in [0.15, 0.2) is 198 Å². The number of H-pyrrole nitrogens is 7. The minimum atomic E-state index is -0.104. The number of nitrogens with zero attached hydrogens (tertiary/aromatic N) is 19. The molecule has 7 N–H and O–H groups in total. The lowest BCUT2D eigenvalue weighted by atomic mass is 9.98. The minimum absolute atomic E-state index is 0.00746. The molecule has 0 amide bonds.